The van der Waals surface area contributed by atoms with Gasteiger partial charge in [-0.1, -0.05) is 32.0 Å². The Morgan fingerprint density at radius 3 is 2.56 bits per heavy atom. The summed E-state index contributed by atoms with van der Waals surface area (Å²) in [4.78, 5) is 19.1. The molecular weight excluding hydrogens is 360 g/mol. The summed E-state index contributed by atoms with van der Waals surface area (Å²) >= 11 is 1.79. The zero-order valence-electron chi connectivity index (χ0n) is 17.2. The van der Waals surface area contributed by atoms with Gasteiger partial charge in [-0.25, -0.2) is 4.99 Å². The summed E-state index contributed by atoms with van der Waals surface area (Å²) in [5, 5.41) is 6.69. The summed E-state index contributed by atoms with van der Waals surface area (Å²) in [5.74, 6) is 1.57. The van der Waals surface area contributed by atoms with Gasteiger partial charge in [0.25, 0.3) is 0 Å². The second-order valence-corrected chi connectivity index (χ2v) is 8.47. The standard InChI is InChI=1S/C20H34N4O2S/c1-20(2,11-13-26-5)16-23-19(22-15-18(25)24(3)4)21-12-14-27-17-9-7-6-8-10-17/h6-10H,11-16H2,1-5H3,(H2,21,22,23). The van der Waals surface area contributed by atoms with Crippen LogP contribution in [0.4, 0.5) is 0 Å². The topological polar surface area (TPSA) is 66.0 Å². The highest BCUT2D eigenvalue weighted by Crippen LogP contribution is 2.18. The van der Waals surface area contributed by atoms with Gasteiger partial charge in [0.2, 0.25) is 5.91 Å². The van der Waals surface area contributed by atoms with Gasteiger partial charge in [-0.15, -0.1) is 11.8 Å². The Kier molecular flexibility index (Phi) is 10.9. The molecule has 1 rings (SSSR count). The van der Waals surface area contributed by atoms with E-state index in [1.54, 1.807) is 37.9 Å². The third kappa shape index (κ3) is 10.9. The fourth-order valence-corrected chi connectivity index (χ4v) is 2.90. The quantitative estimate of drug-likeness (QED) is 0.261. The SMILES string of the molecule is COCCC(C)(C)CNC(=NCC(=O)N(C)C)NCCSc1ccccc1. The third-order valence-electron chi connectivity index (χ3n) is 4.00. The van der Waals surface area contributed by atoms with Gasteiger partial charge in [-0.2, -0.15) is 0 Å². The molecule has 1 aromatic rings. The average Bonchev–Trinajstić information content (AvgIpc) is 2.65. The molecule has 0 fully saturated rings. The highest BCUT2D eigenvalue weighted by Gasteiger charge is 2.18. The number of methoxy groups -OCH3 is 1. The van der Waals surface area contributed by atoms with Crippen LogP contribution in [0.25, 0.3) is 0 Å². The lowest BCUT2D eigenvalue weighted by molar-refractivity contribution is -0.127. The Morgan fingerprint density at radius 2 is 1.93 bits per heavy atom. The van der Waals surface area contributed by atoms with Crippen molar-refractivity contribution in [1.82, 2.24) is 15.5 Å². The fourth-order valence-electron chi connectivity index (χ4n) is 2.11. The van der Waals surface area contributed by atoms with Crippen LogP contribution < -0.4 is 10.6 Å². The van der Waals surface area contributed by atoms with Gasteiger partial charge in [0.1, 0.15) is 6.54 Å². The van der Waals surface area contributed by atoms with Gasteiger partial charge in [0, 0.05) is 51.5 Å². The van der Waals surface area contributed by atoms with E-state index < -0.39 is 0 Å². The number of carbonyl (C=O) groups excluding carboxylic acids is 1. The van der Waals surface area contributed by atoms with Crippen LogP contribution in [-0.4, -0.2) is 70.0 Å². The Morgan fingerprint density at radius 1 is 1.22 bits per heavy atom. The molecule has 0 aromatic heterocycles. The molecule has 2 N–H and O–H groups in total. The Bertz CT molecular complexity index is 577. The van der Waals surface area contributed by atoms with Gasteiger partial charge < -0.3 is 20.3 Å². The lowest BCUT2D eigenvalue weighted by Crippen LogP contribution is -2.43. The first-order chi connectivity index (χ1) is 12.8. The predicted octanol–water partition coefficient (Wildman–Crippen LogP) is 2.46. The Balaban J connectivity index is 2.53. The molecule has 0 aliphatic rings. The molecule has 0 unspecified atom stereocenters. The molecule has 0 saturated heterocycles. The van der Waals surface area contributed by atoms with Crippen LogP contribution in [0, 0.1) is 5.41 Å². The minimum atomic E-state index is -0.0200. The number of nitrogens with one attached hydrogen (secondary N) is 2. The average molecular weight is 395 g/mol. The molecule has 0 radical (unpaired) electrons. The summed E-state index contributed by atoms with van der Waals surface area (Å²) in [6.07, 6.45) is 0.949. The number of carbonyl (C=O) groups is 1. The lowest BCUT2D eigenvalue weighted by atomic mass is 9.90. The normalized spacial score (nSPS) is 12.0. The van der Waals surface area contributed by atoms with E-state index in [4.69, 9.17) is 4.74 Å². The number of hydrogen-bond donors (Lipinski definition) is 2. The lowest BCUT2D eigenvalue weighted by Gasteiger charge is -2.26. The number of rotatable bonds is 11. The molecule has 0 heterocycles. The molecular formula is C20H34N4O2S. The summed E-state index contributed by atoms with van der Waals surface area (Å²) in [6, 6.07) is 10.3. The van der Waals surface area contributed by atoms with Crippen molar-refractivity contribution in [2.45, 2.75) is 25.2 Å². The van der Waals surface area contributed by atoms with E-state index in [0.717, 1.165) is 31.9 Å². The van der Waals surface area contributed by atoms with Crippen LogP contribution in [-0.2, 0) is 9.53 Å². The third-order valence-corrected chi connectivity index (χ3v) is 5.01. The summed E-state index contributed by atoms with van der Waals surface area (Å²) in [6.45, 7) is 6.75. The monoisotopic (exact) mass is 394 g/mol. The second-order valence-electron chi connectivity index (χ2n) is 7.30. The van der Waals surface area contributed by atoms with E-state index in [2.05, 4.69) is 41.6 Å². The van der Waals surface area contributed by atoms with Crippen LogP contribution in [0.3, 0.4) is 0 Å². The molecule has 1 amide bonds. The number of aliphatic imine (C=N–C) groups is 1. The number of benzene rings is 1. The second kappa shape index (κ2) is 12.6. The van der Waals surface area contributed by atoms with Gasteiger partial charge in [0.15, 0.2) is 5.96 Å². The number of ether oxygens (including phenoxy) is 1. The maximum Gasteiger partial charge on any atom is 0.243 e. The number of likely N-dealkylation sites (N-methyl/N-ethyl adjacent to an activating group) is 1. The largest absolute Gasteiger partial charge is 0.385 e. The highest BCUT2D eigenvalue weighted by molar-refractivity contribution is 7.99. The number of guanidine groups is 1. The molecule has 0 aliphatic carbocycles. The number of hydrogen-bond acceptors (Lipinski definition) is 4. The van der Waals surface area contributed by atoms with Crippen molar-refractivity contribution < 1.29 is 9.53 Å². The minimum absolute atomic E-state index is 0.0200. The summed E-state index contributed by atoms with van der Waals surface area (Å²) in [5.41, 5.74) is 0.0722. The van der Waals surface area contributed by atoms with Crippen LogP contribution in [0.2, 0.25) is 0 Å². The van der Waals surface area contributed by atoms with Gasteiger partial charge >= 0.3 is 0 Å². The predicted molar refractivity (Wildman–Crippen MR) is 114 cm³/mol. The van der Waals surface area contributed by atoms with Crippen molar-refractivity contribution in [2.75, 3.05) is 53.2 Å². The molecule has 0 saturated carbocycles. The van der Waals surface area contributed by atoms with Gasteiger partial charge in [-0.05, 0) is 24.0 Å². The smallest absolute Gasteiger partial charge is 0.243 e. The van der Waals surface area contributed by atoms with Crippen molar-refractivity contribution in [3.63, 3.8) is 0 Å². The Labute approximate surface area is 168 Å². The van der Waals surface area contributed by atoms with Crippen LogP contribution in [0.5, 0.6) is 0 Å². The van der Waals surface area contributed by atoms with Crippen LogP contribution in [0.15, 0.2) is 40.2 Å². The van der Waals surface area contributed by atoms with Crippen molar-refractivity contribution in [2.24, 2.45) is 10.4 Å². The molecule has 0 aliphatic heterocycles. The molecule has 0 bridgehead atoms. The fraction of sp³-hybridized carbons (Fsp3) is 0.600. The molecule has 27 heavy (non-hydrogen) atoms. The zero-order valence-corrected chi connectivity index (χ0v) is 18.1. The molecule has 7 heteroatoms. The Hall–Kier alpha value is -1.73. The first-order valence-corrected chi connectivity index (χ1v) is 10.2. The van der Waals surface area contributed by atoms with Gasteiger partial charge in [-0.3, -0.25) is 4.79 Å². The van der Waals surface area contributed by atoms with Crippen molar-refractivity contribution >= 4 is 23.6 Å². The van der Waals surface area contributed by atoms with E-state index in [1.807, 2.05) is 18.2 Å². The van der Waals surface area contributed by atoms with E-state index >= 15 is 0 Å². The van der Waals surface area contributed by atoms with Crippen LogP contribution >= 0.6 is 11.8 Å². The maximum absolute atomic E-state index is 11.8. The first kappa shape index (κ1) is 23.3. The van der Waals surface area contributed by atoms with E-state index in [1.165, 1.54) is 4.90 Å². The van der Waals surface area contributed by atoms with Gasteiger partial charge in [0.05, 0.1) is 0 Å². The first-order valence-electron chi connectivity index (χ1n) is 9.23. The van der Waals surface area contributed by atoms with E-state index in [-0.39, 0.29) is 17.9 Å². The molecule has 1 aromatic carbocycles. The number of nitrogens with zero attached hydrogens (tertiary/aromatic N) is 2. The highest BCUT2D eigenvalue weighted by atomic mass is 32.2. The molecule has 6 nitrogen and oxygen atoms in total. The zero-order chi connectivity index (χ0) is 20.1. The van der Waals surface area contributed by atoms with Crippen LogP contribution in [0.1, 0.15) is 20.3 Å². The molecule has 152 valence electrons. The maximum atomic E-state index is 11.8. The summed E-state index contributed by atoms with van der Waals surface area (Å²) < 4.78 is 5.18. The van der Waals surface area contributed by atoms with Crippen molar-refractivity contribution in [3.05, 3.63) is 30.3 Å². The minimum Gasteiger partial charge on any atom is -0.385 e. The molecule has 0 spiro atoms. The van der Waals surface area contributed by atoms with E-state index in [9.17, 15) is 4.79 Å². The number of amides is 1. The van der Waals surface area contributed by atoms with Crippen molar-refractivity contribution in [1.29, 1.82) is 0 Å². The van der Waals surface area contributed by atoms with E-state index in [0.29, 0.717) is 5.96 Å². The number of thioether (sulfide) groups is 1. The molecule has 0 atom stereocenters. The summed E-state index contributed by atoms with van der Waals surface area (Å²) in [7, 11) is 5.20. The van der Waals surface area contributed by atoms with Crippen molar-refractivity contribution in [3.8, 4) is 0 Å².